The van der Waals surface area contributed by atoms with Crippen molar-refractivity contribution in [2.24, 2.45) is 11.8 Å². The Labute approximate surface area is 193 Å². The van der Waals surface area contributed by atoms with E-state index in [9.17, 15) is 0 Å². The summed E-state index contributed by atoms with van der Waals surface area (Å²) in [7, 11) is 0. The fourth-order valence-electron chi connectivity index (χ4n) is 5.26. The number of aromatic amines is 1. The van der Waals surface area contributed by atoms with E-state index in [1.165, 1.54) is 44.2 Å². The van der Waals surface area contributed by atoms with Crippen molar-refractivity contribution in [3.05, 3.63) is 35.3 Å². The molecular weight excluding hydrogens is 416 g/mol. The Bertz CT molecular complexity index is 1120. The van der Waals surface area contributed by atoms with E-state index in [2.05, 4.69) is 56.2 Å². The standard InChI is InChI=1S/C24H32N8O/c1-13(2)18-9-17(33-32-18)12-25-24-28-21(26-19-8-14-3-4-16(19)7-14)11-22(29-24)27-23-10-20(30-31-23)15-5-6-15/h9-11,13-16,19H,3-8,12H2,1-2H3,(H4,25,26,27,28,29,30,31). The van der Waals surface area contributed by atoms with Crippen molar-refractivity contribution in [1.29, 1.82) is 0 Å². The minimum atomic E-state index is 0.332. The zero-order valence-electron chi connectivity index (χ0n) is 19.3. The first-order chi connectivity index (χ1) is 16.1. The summed E-state index contributed by atoms with van der Waals surface area (Å²) in [6.45, 7) is 4.68. The molecule has 0 amide bonds. The molecule has 0 aliphatic heterocycles. The third-order valence-electron chi connectivity index (χ3n) is 7.26. The third kappa shape index (κ3) is 4.54. The normalized spacial score (nSPS) is 23.9. The Kier molecular flexibility index (Phi) is 5.19. The van der Waals surface area contributed by atoms with Gasteiger partial charge >= 0.3 is 0 Å². The first-order valence-electron chi connectivity index (χ1n) is 12.3. The average Bonchev–Trinajstić information content (AvgIpc) is 3.20. The van der Waals surface area contributed by atoms with Gasteiger partial charge in [-0.05, 0) is 49.9 Å². The first-order valence-corrected chi connectivity index (χ1v) is 12.3. The van der Waals surface area contributed by atoms with Gasteiger partial charge in [0.2, 0.25) is 5.95 Å². The first kappa shape index (κ1) is 20.5. The summed E-state index contributed by atoms with van der Waals surface area (Å²) in [4.78, 5) is 9.45. The van der Waals surface area contributed by atoms with Crippen molar-refractivity contribution in [2.75, 3.05) is 16.0 Å². The maximum Gasteiger partial charge on any atom is 0.227 e. The van der Waals surface area contributed by atoms with Crippen LogP contribution in [0.15, 0.2) is 22.7 Å². The van der Waals surface area contributed by atoms with Gasteiger partial charge in [-0.2, -0.15) is 15.1 Å². The largest absolute Gasteiger partial charge is 0.367 e. The van der Waals surface area contributed by atoms with Crippen LogP contribution in [0.4, 0.5) is 23.4 Å². The summed E-state index contributed by atoms with van der Waals surface area (Å²) in [6, 6.07) is 6.54. The number of nitrogens with zero attached hydrogens (tertiary/aromatic N) is 4. The molecule has 3 unspecified atom stereocenters. The van der Waals surface area contributed by atoms with Crippen LogP contribution in [0, 0.1) is 11.8 Å². The lowest BCUT2D eigenvalue weighted by Gasteiger charge is -2.23. The highest BCUT2D eigenvalue weighted by Crippen LogP contribution is 2.45. The quantitative estimate of drug-likeness (QED) is 0.355. The number of aromatic nitrogens is 5. The molecule has 3 aromatic heterocycles. The van der Waals surface area contributed by atoms with Gasteiger partial charge in [0.25, 0.3) is 0 Å². The van der Waals surface area contributed by atoms with Crippen LogP contribution in [-0.2, 0) is 6.54 Å². The van der Waals surface area contributed by atoms with Crippen molar-refractivity contribution in [3.63, 3.8) is 0 Å². The van der Waals surface area contributed by atoms with Crippen molar-refractivity contribution in [3.8, 4) is 0 Å². The Morgan fingerprint density at radius 2 is 1.91 bits per heavy atom. The molecule has 6 rings (SSSR count). The second-order valence-corrected chi connectivity index (χ2v) is 10.2. The van der Waals surface area contributed by atoms with E-state index in [-0.39, 0.29) is 0 Å². The highest BCUT2D eigenvalue weighted by Gasteiger charge is 2.39. The van der Waals surface area contributed by atoms with Crippen LogP contribution in [0.25, 0.3) is 0 Å². The second kappa shape index (κ2) is 8.35. The molecule has 3 heterocycles. The lowest BCUT2D eigenvalue weighted by atomic mass is 9.95. The van der Waals surface area contributed by atoms with E-state index in [4.69, 9.17) is 9.51 Å². The van der Waals surface area contributed by atoms with Gasteiger partial charge in [0.1, 0.15) is 11.6 Å². The number of H-pyrrole nitrogens is 1. The molecule has 0 saturated heterocycles. The molecule has 3 aromatic rings. The highest BCUT2D eigenvalue weighted by atomic mass is 16.5. The molecule has 9 heteroatoms. The number of hydrogen-bond donors (Lipinski definition) is 4. The minimum Gasteiger partial charge on any atom is -0.367 e. The molecule has 9 nitrogen and oxygen atoms in total. The van der Waals surface area contributed by atoms with Crippen LogP contribution in [0.1, 0.15) is 81.4 Å². The van der Waals surface area contributed by atoms with Gasteiger partial charge in [-0.15, -0.1) is 0 Å². The summed E-state index contributed by atoms with van der Waals surface area (Å²) in [6.07, 6.45) is 7.76. The predicted octanol–water partition coefficient (Wildman–Crippen LogP) is 5.14. The predicted molar refractivity (Wildman–Crippen MR) is 127 cm³/mol. The smallest absolute Gasteiger partial charge is 0.227 e. The van der Waals surface area contributed by atoms with E-state index in [0.717, 1.165) is 34.9 Å². The Morgan fingerprint density at radius 1 is 1.03 bits per heavy atom. The molecule has 3 atom stereocenters. The number of nitrogens with one attached hydrogen (secondary N) is 4. The van der Waals surface area contributed by atoms with Crippen LogP contribution < -0.4 is 16.0 Å². The van der Waals surface area contributed by atoms with Gasteiger partial charge < -0.3 is 20.5 Å². The molecule has 0 radical (unpaired) electrons. The summed E-state index contributed by atoms with van der Waals surface area (Å²) in [5.74, 6) is 6.24. The van der Waals surface area contributed by atoms with Crippen molar-refractivity contribution in [1.82, 2.24) is 25.3 Å². The van der Waals surface area contributed by atoms with Crippen LogP contribution in [0.5, 0.6) is 0 Å². The molecule has 174 valence electrons. The van der Waals surface area contributed by atoms with Crippen LogP contribution >= 0.6 is 0 Å². The van der Waals surface area contributed by atoms with Crippen LogP contribution in [0.3, 0.4) is 0 Å². The Hall–Kier alpha value is -3.10. The van der Waals surface area contributed by atoms with Gasteiger partial charge in [0.05, 0.1) is 12.2 Å². The van der Waals surface area contributed by atoms with Crippen molar-refractivity contribution < 1.29 is 4.52 Å². The zero-order valence-corrected chi connectivity index (χ0v) is 19.3. The molecule has 3 fully saturated rings. The number of anilines is 4. The SMILES string of the molecule is CC(C)c1cc(CNc2nc(Nc3cc(C4CC4)[nH]n3)cc(NC3CC4CCC3C4)n2)on1. The van der Waals surface area contributed by atoms with Crippen LogP contribution in [-0.4, -0.2) is 31.4 Å². The molecule has 3 saturated carbocycles. The monoisotopic (exact) mass is 448 g/mol. The number of rotatable bonds is 9. The topological polar surface area (TPSA) is 117 Å². The highest BCUT2D eigenvalue weighted by molar-refractivity contribution is 5.59. The van der Waals surface area contributed by atoms with E-state index >= 15 is 0 Å². The van der Waals surface area contributed by atoms with Crippen molar-refractivity contribution >= 4 is 23.4 Å². The number of fused-ring (bicyclic) bond motifs is 2. The Morgan fingerprint density at radius 3 is 2.64 bits per heavy atom. The second-order valence-electron chi connectivity index (χ2n) is 10.2. The minimum absolute atomic E-state index is 0.332. The molecular formula is C24H32N8O. The molecule has 2 bridgehead atoms. The fraction of sp³-hybridized carbons (Fsp3) is 0.583. The Balaban J connectivity index is 1.20. The third-order valence-corrected chi connectivity index (χ3v) is 7.26. The lowest BCUT2D eigenvalue weighted by molar-refractivity contribution is 0.379. The molecule has 4 N–H and O–H groups in total. The molecule has 3 aliphatic rings. The molecule has 0 aromatic carbocycles. The lowest BCUT2D eigenvalue weighted by Crippen LogP contribution is -2.26. The summed E-state index contributed by atoms with van der Waals surface area (Å²) in [5, 5.41) is 22.1. The summed E-state index contributed by atoms with van der Waals surface area (Å²) < 4.78 is 5.46. The van der Waals surface area contributed by atoms with Gasteiger partial charge in [-0.1, -0.05) is 25.4 Å². The summed E-state index contributed by atoms with van der Waals surface area (Å²) >= 11 is 0. The van der Waals surface area contributed by atoms with Gasteiger partial charge in [0.15, 0.2) is 11.6 Å². The summed E-state index contributed by atoms with van der Waals surface area (Å²) in [5.41, 5.74) is 2.14. The molecule has 0 spiro atoms. The van der Waals surface area contributed by atoms with E-state index in [1.807, 2.05) is 12.1 Å². The van der Waals surface area contributed by atoms with E-state index < -0.39 is 0 Å². The average molecular weight is 449 g/mol. The van der Waals surface area contributed by atoms with Gasteiger partial charge in [0, 0.05) is 35.9 Å². The van der Waals surface area contributed by atoms with Gasteiger partial charge in [-0.3, -0.25) is 5.10 Å². The number of hydrogen-bond acceptors (Lipinski definition) is 8. The molecule has 33 heavy (non-hydrogen) atoms. The van der Waals surface area contributed by atoms with Gasteiger partial charge in [-0.25, -0.2) is 0 Å². The maximum absolute atomic E-state index is 5.46. The zero-order chi connectivity index (χ0) is 22.4. The fourth-order valence-corrected chi connectivity index (χ4v) is 5.26. The van der Waals surface area contributed by atoms with Crippen molar-refractivity contribution in [2.45, 2.75) is 76.8 Å². The van der Waals surface area contributed by atoms with E-state index in [1.54, 1.807) is 0 Å². The van der Waals surface area contributed by atoms with E-state index in [0.29, 0.717) is 36.2 Å². The molecule has 3 aliphatic carbocycles. The van der Waals surface area contributed by atoms with Crippen LogP contribution in [0.2, 0.25) is 0 Å². The maximum atomic E-state index is 5.46.